The Hall–Kier alpha value is -0.110. The monoisotopic (exact) mass is 457 g/mol. The van der Waals surface area contributed by atoms with E-state index in [2.05, 4.69) is 31.2 Å². The van der Waals surface area contributed by atoms with Gasteiger partial charge in [-0.2, -0.15) is 0 Å². The number of aromatic nitrogens is 2. The second-order valence-corrected chi connectivity index (χ2v) is 8.16. The van der Waals surface area contributed by atoms with Gasteiger partial charge >= 0.3 is 29.6 Å². The minimum atomic E-state index is -4.96. The Kier molecular flexibility index (Phi) is 6.91. The van der Waals surface area contributed by atoms with Crippen LogP contribution < -0.4 is 34.9 Å². The molecule has 3 rings (SSSR count). The first-order valence-corrected chi connectivity index (χ1v) is 9.60. The standard InChI is InChI=1S/C14H18BrN3O6S.Na/c1-7-4-5-16-13(17-7)18-9-6-8(15)10-12(23-14(2,3)22-10)11(9)24-25(19,20)21;/h4-6,9-12H,1-3H3,(H,16,17,18)(H,19,20,21);/q;+1/p-1/t9-,10+,11+,12+;/m0./s1. The molecule has 0 unspecified atom stereocenters. The Bertz CT molecular complexity index is 806. The number of halogens is 1. The summed E-state index contributed by atoms with van der Waals surface area (Å²) in [4.78, 5) is 8.30. The van der Waals surface area contributed by atoms with Gasteiger partial charge in [0.2, 0.25) is 16.3 Å². The van der Waals surface area contributed by atoms with Crippen LogP contribution >= 0.6 is 15.9 Å². The van der Waals surface area contributed by atoms with E-state index in [4.69, 9.17) is 13.7 Å². The van der Waals surface area contributed by atoms with Gasteiger partial charge in [0.1, 0.15) is 18.3 Å². The Morgan fingerprint density at radius 2 is 2.08 bits per heavy atom. The van der Waals surface area contributed by atoms with Crippen LogP contribution in [0, 0.1) is 6.92 Å². The van der Waals surface area contributed by atoms with Crippen molar-refractivity contribution in [2.45, 2.75) is 50.9 Å². The van der Waals surface area contributed by atoms with Crippen molar-refractivity contribution in [1.82, 2.24) is 9.97 Å². The van der Waals surface area contributed by atoms with Gasteiger partial charge in [-0.05, 0) is 32.9 Å². The number of fused-ring (bicyclic) bond motifs is 1. The third-order valence-corrected chi connectivity index (χ3v) is 4.91. The Balaban J connectivity index is 0.00000243. The maximum Gasteiger partial charge on any atom is 1.00 e. The average molecular weight is 458 g/mol. The molecule has 0 bridgehead atoms. The summed E-state index contributed by atoms with van der Waals surface area (Å²) in [6.07, 6.45) is 0.694. The van der Waals surface area contributed by atoms with E-state index in [0.717, 1.165) is 5.69 Å². The van der Waals surface area contributed by atoms with Crippen molar-refractivity contribution in [3.8, 4) is 0 Å². The molecule has 0 spiro atoms. The molecule has 2 heterocycles. The molecule has 1 aliphatic carbocycles. The molecule has 0 saturated carbocycles. The van der Waals surface area contributed by atoms with E-state index in [9.17, 15) is 13.0 Å². The van der Waals surface area contributed by atoms with Gasteiger partial charge in [0.15, 0.2) is 5.79 Å². The second kappa shape index (κ2) is 8.10. The molecule has 138 valence electrons. The minimum Gasteiger partial charge on any atom is -0.726 e. The number of anilines is 1. The van der Waals surface area contributed by atoms with Gasteiger partial charge in [-0.15, -0.1) is 0 Å². The predicted octanol–water partition coefficient (Wildman–Crippen LogP) is -1.77. The van der Waals surface area contributed by atoms with E-state index in [1.165, 1.54) is 0 Å². The Morgan fingerprint density at radius 1 is 1.38 bits per heavy atom. The van der Waals surface area contributed by atoms with Gasteiger partial charge in [0.25, 0.3) is 0 Å². The van der Waals surface area contributed by atoms with Crippen molar-refractivity contribution in [2.24, 2.45) is 0 Å². The SMILES string of the molecule is Cc1ccnc(N[C@H]2C=C(Br)[C@H]3OC(C)(C)O[C@H]3[C@@H]2OS(=O)(=O)[O-])n1.[Na+]. The summed E-state index contributed by atoms with van der Waals surface area (Å²) in [5.41, 5.74) is 0.727. The molecule has 12 heteroatoms. The van der Waals surface area contributed by atoms with Gasteiger partial charge in [0, 0.05) is 16.4 Å². The molecule has 0 amide bonds. The third-order valence-electron chi connectivity index (χ3n) is 3.74. The van der Waals surface area contributed by atoms with Crippen LogP contribution in [0.2, 0.25) is 0 Å². The molecule has 0 aromatic carbocycles. The zero-order valence-corrected chi connectivity index (χ0v) is 19.1. The Morgan fingerprint density at radius 3 is 2.69 bits per heavy atom. The maximum atomic E-state index is 11.2. The molecule has 4 atom stereocenters. The summed E-state index contributed by atoms with van der Waals surface area (Å²) in [6.45, 7) is 5.18. The van der Waals surface area contributed by atoms with E-state index < -0.39 is 40.5 Å². The molecule has 1 aromatic rings. The summed E-state index contributed by atoms with van der Waals surface area (Å²) >= 11 is 3.41. The number of ether oxygens (including phenoxy) is 2. The molecule has 0 radical (unpaired) electrons. The van der Waals surface area contributed by atoms with Crippen LogP contribution in [-0.4, -0.2) is 53.1 Å². The zero-order valence-electron chi connectivity index (χ0n) is 14.7. The van der Waals surface area contributed by atoms with Crippen molar-refractivity contribution in [3.05, 3.63) is 28.5 Å². The molecular weight excluding hydrogens is 441 g/mol. The van der Waals surface area contributed by atoms with E-state index in [0.29, 0.717) is 4.48 Å². The number of rotatable bonds is 4. The van der Waals surface area contributed by atoms with Crippen LogP contribution in [0.1, 0.15) is 19.5 Å². The van der Waals surface area contributed by atoms with Gasteiger partial charge < -0.3 is 19.3 Å². The fraction of sp³-hybridized carbons (Fsp3) is 0.571. The second-order valence-electron chi connectivity index (χ2n) is 6.23. The maximum absolute atomic E-state index is 11.2. The zero-order chi connectivity index (χ0) is 18.4. The number of hydrogen-bond acceptors (Lipinski definition) is 9. The minimum absolute atomic E-state index is 0. The van der Waals surface area contributed by atoms with Gasteiger partial charge in [-0.1, -0.05) is 15.9 Å². The van der Waals surface area contributed by atoms with Gasteiger partial charge in [-0.25, -0.2) is 18.4 Å². The largest absolute Gasteiger partial charge is 1.00 e. The molecule has 1 saturated heterocycles. The quantitative estimate of drug-likeness (QED) is 0.317. The molecule has 9 nitrogen and oxygen atoms in total. The average Bonchev–Trinajstić information content (AvgIpc) is 2.78. The molecule has 1 fully saturated rings. The molecule has 1 N–H and O–H groups in total. The van der Waals surface area contributed by atoms with E-state index in [-0.39, 0.29) is 35.5 Å². The van der Waals surface area contributed by atoms with Crippen LogP contribution in [0.25, 0.3) is 0 Å². The van der Waals surface area contributed by atoms with E-state index >= 15 is 0 Å². The van der Waals surface area contributed by atoms with E-state index in [1.807, 2.05) is 0 Å². The molecule has 2 aliphatic rings. The van der Waals surface area contributed by atoms with Gasteiger partial charge in [0.05, 0.1) is 6.04 Å². The number of aryl methyl sites for hydroxylation is 1. The number of nitrogens with one attached hydrogen (secondary N) is 1. The van der Waals surface area contributed by atoms with Crippen LogP contribution in [0.5, 0.6) is 0 Å². The van der Waals surface area contributed by atoms with E-state index in [1.54, 1.807) is 39.1 Å². The summed E-state index contributed by atoms with van der Waals surface area (Å²) in [7, 11) is -4.96. The first kappa shape index (κ1) is 22.2. The van der Waals surface area contributed by atoms with Crippen LogP contribution in [0.3, 0.4) is 0 Å². The van der Waals surface area contributed by atoms with Gasteiger partial charge in [-0.3, -0.25) is 4.18 Å². The summed E-state index contributed by atoms with van der Waals surface area (Å²) in [5, 5.41) is 2.97. The van der Waals surface area contributed by atoms with Crippen LogP contribution in [-0.2, 0) is 24.1 Å². The van der Waals surface area contributed by atoms with Crippen molar-refractivity contribution >= 4 is 32.3 Å². The summed E-state index contributed by atoms with van der Waals surface area (Å²) in [6, 6.07) is 0.999. The first-order chi connectivity index (χ1) is 11.5. The predicted molar refractivity (Wildman–Crippen MR) is 89.6 cm³/mol. The van der Waals surface area contributed by atoms with Crippen LogP contribution in [0.15, 0.2) is 22.8 Å². The molecule has 1 aromatic heterocycles. The molecule has 26 heavy (non-hydrogen) atoms. The molecule has 1 aliphatic heterocycles. The Labute approximate surface area is 182 Å². The van der Waals surface area contributed by atoms with Crippen molar-refractivity contribution in [1.29, 1.82) is 0 Å². The van der Waals surface area contributed by atoms with Crippen molar-refractivity contribution in [3.63, 3.8) is 0 Å². The number of hydrogen-bond donors (Lipinski definition) is 1. The number of nitrogens with zero attached hydrogens (tertiary/aromatic N) is 2. The van der Waals surface area contributed by atoms with Crippen LogP contribution in [0.4, 0.5) is 5.95 Å². The normalized spacial score (nSPS) is 30.1. The van der Waals surface area contributed by atoms with Crippen molar-refractivity contribution in [2.75, 3.05) is 5.32 Å². The van der Waals surface area contributed by atoms with Crippen molar-refractivity contribution < 1.29 is 56.2 Å². The summed E-state index contributed by atoms with van der Waals surface area (Å²) < 4.78 is 50.6. The third kappa shape index (κ3) is 5.24. The fourth-order valence-electron chi connectivity index (χ4n) is 2.85. The topological polar surface area (TPSA) is 123 Å². The first-order valence-electron chi connectivity index (χ1n) is 7.47. The fourth-order valence-corrected chi connectivity index (χ4v) is 3.99. The molecular formula is C14H17BrN3NaO6S. The summed E-state index contributed by atoms with van der Waals surface area (Å²) in [5.74, 6) is -0.680. The smallest absolute Gasteiger partial charge is 0.726 e.